The first-order valence-corrected chi connectivity index (χ1v) is 5.84. The molecule has 0 aliphatic carbocycles. The molecule has 1 aromatic carbocycles. The number of halogens is 1. The Bertz CT molecular complexity index is 486. The highest BCUT2D eigenvalue weighted by Crippen LogP contribution is 2.34. The zero-order valence-electron chi connectivity index (χ0n) is 9.84. The number of rotatable bonds is 5. The summed E-state index contributed by atoms with van der Waals surface area (Å²) in [5.74, 6) is -0.748. The summed E-state index contributed by atoms with van der Waals surface area (Å²) in [6.07, 6.45) is 0. The van der Waals surface area contributed by atoms with Crippen molar-refractivity contribution in [1.82, 2.24) is 0 Å². The number of aliphatic carboxylic acids is 1. The van der Waals surface area contributed by atoms with Gasteiger partial charge in [0.1, 0.15) is 16.8 Å². The van der Waals surface area contributed by atoms with E-state index in [4.69, 9.17) is 9.84 Å². The zero-order valence-corrected chi connectivity index (χ0v) is 11.4. The fraction of sp³-hybridized carbons (Fsp3) is 0.364. The number of nitro groups is 1. The third-order valence-corrected chi connectivity index (χ3v) is 3.10. The van der Waals surface area contributed by atoms with Crippen LogP contribution in [-0.2, 0) is 4.79 Å². The maximum Gasteiger partial charge on any atom is 0.312 e. The van der Waals surface area contributed by atoms with E-state index < -0.39 is 16.3 Å². The first-order chi connectivity index (χ1) is 8.25. The fourth-order valence-electron chi connectivity index (χ4n) is 1.07. The molecule has 1 N–H and O–H groups in total. The molecule has 0 aliphatic heterocycles. The van der Waals surface area contributed by atoms with E-state index in [0.717, 1.165) is 0 Å². The van der Waals surface area contributed by atoms with Gasteiger partial charge in [0.05, 0.1) is 10.3 Å². The monoisotopic (exact) mass is 317 g/mol. The lowest BCUT2D eigenvalue weighted by Gasteiger charge is -2.19. The standard InChI is InChI=1S/C11H12BrNO5/c1-11(2,10(14)15)6-18-8-5-3-4-7(9(8)12)13(16)17/h3-5H,6H2,1-2H3,(H,14,15). The number of hydrogen-bond donors (Lipinski definition) is 1. The number of carboxylic acids is 1. The maximum absolute atomic E-state index is 10.9. The average Bonchev–Trinajstić information content (AvgIpc) is 2.27. The highest BCUT2D eigenvalue weighted by molar-refractivity contribution is 9.10. The van der Waals surface area contributed by atoms with Gasteiger partial charge in [0.2, 0.25) is 0 Å². The van der Waals surface area contributed by atoms with Crippen molar-refractivity contribution < 1.29 is 19.6 Å². The summed E-state index contributed by atoms with van der Waals surface area (Å²) < 4.78 is 5.53. The van der Waals surface area contributed by atoms with Crippen molar-refractivity contribution in [3.05, 3.63) is 32.8 Å². The van der Waals surface area contributed by atoms with Gasteiger partial charge in [-0.2, -0.15) is 0 Å². The second kappa shape index (κ2) is 5.34. The van der Waals surface area contributed by atoms with Gasteiger partial charge in [-0.05, 0) is 35.8 Å². The molecule has 1 rings (SSSR count). The van der Waals surface area contributed by atoms with E-state index in [-0.39, 0.29) is 22.5 Å². The Balaban J connectivity index is 2.90. The predicted molar refractivity (Wildman–Crippen MR) is 67.7 cm³/mol. The molecule has 0 fully saturated rings. The number of nitrogens with zero attached hydrogens (tertiary/aromatic N) is 1. The fourth-order valence-corrected chi connectivity index (χ4v) is 1.60. The molecule has 18 heavy (non-hydrogen) atoms. The number of benzene rings is 1. The van der Waals surface area contributed by atoms with Gasteiger partial charge in [-0.25, -0.2) is 0 Å². The molecule has 0 aromatic heterocycles. The Morgan fingerprint density at radius 2 is 2.17 bits per heavy atom. The minimum absolute atomic E-state index is 0.0812. The van der Waals surface area contributed by atoms with Crippen LogP contribution in [0.1, 0.15) is 13.8 Å². The molecule has 7 heteroatoms. The lowest BCUT2D eigenvalue weighted by molar-refractivity contribution is -0.385. The van der Waals surface area contributed by atoms with E-state index >= 15 is 0 Å². The smallest absolute Gasteiger partial charge is 0.312 e. The van der Waals surface area contributed by atoms with Gasteiger partial charge in [-0.15, -0.1) is 0 Å². The number of ether oxygens (including phenoxy) is 1. The van der Waals surface area contributed by atoms with Gasteiger partial charge >= 0.3 is 5.97 Å². The molecule has 0 bridgehead atoms. The molecular weight excluding hydrogens is 306 g/mol. The van der Waals surface area contributed by atoms with E-state index in [2.05, 4.69) is 15.9 Å². The van der Waals surface area contributed by atoms with E-state index in [1.807, 2.05) is 0 Å². The van der Waals surface area contributed by atoms with Crippen molar-refractivity contribution in [2.24, 2.45) is 5.41 Å². The summed E-state index contributed by atoms with van der Waals surface area (Å²) in [5, 5.41) is 19.6. The summed E-state index contributed by atoms with van der Waals surface area (Å²) in [5.41, 5.74) is -1.19. The van der Waals surface area contributed by atoms with Gasteiger partial charge < -0.3 is 9.84 Å². The minimum Gasteiger partial charge on any atom is -0.491 e. The first-order valence-electron chi connectivity index (χ1n) is 5.05. The van der Waals surface area contributed by atoms with Gasteiger partial charge in [0, 0.05) is 6.07 Å². The summed E-state index contributed by atoms with van der Waals surface area (Å²) >= 11 is 3.07. The average molecular weight is 318 g/mol. The molecule has 0 unspecified atom stereocenters. The SMILES string of the molecule is CC(C)(COc1cccc([N+](=O)[O-])c1Br)C(=O)O. The van der Waals surface area contributed by atoms with Crippen molar-refractivity contribution in [3.8, 4) is 5.75 Å². The highest BCUT2D eigenvalue weighted by Gasteiger charge is 2.29. The van der Waals surface area contributed by atoms with Crippen LogP contribution in [0.3, 0.4) is 0 Å². The maximum atomic E-state index is 10.9. The zero-order chi connectivity index (χ0) is 13.9. The minimum atomic E-state index is -1.07. The third kappa shape index (κ3) is 3.19. The first kappa shape index (κ1) is 14.4. The van der Waals surface area contributed by atoms with Crippen LogP contribution in [0.5, 0.6) is 5.75 Å². The van der Waals surface area contributed by atoms with Gasteiger partial charge in [-0.1, -0.05) is 6.07 Å². The summed E-state index contributed by atoms with van der Waals surface area (Å²) in [6.45, 7) is 2.95. The molecule has 0 heterocycles. The molecule has 0 aliphatic rings. The summed E-state index contributed by atoms with van der Waals surface area (Å²) in [7, 11) is 0. The molecule has 0 saturated heterocycles. The van der Waals surface area contributed by atoms with Gasteiger partial charge in [0.25, 0.3) is 5.69 Å². The molecule has 0 amide bonds. The van der Waals surface area contributed by atoms with Crippen LogP contribution in [0.15, 0.2) is 22.7 Å². The third-order valence-electron chi connectivity index (χ3n) is 2.31. The molecule has 0 saturated carbocycles. The van der Waals surface area contributed by atoms with Crippen LogP contribution >= 0.6 is 15.9 Å². The van der Waals surface area contributed by atoms with Crippen molar-refractivity contribution in [3.63, 3.8) is 0 Å². The van der Waals surface area contributed by atoms with Crippen molar-refractivity contribution in [2.75, 3.05) is 6.61 Å². The molecule has 0 spiro atoms. The number of carboxylic acid groups (broad SMARTS) is 1. The van der Waals surface area contributed by atoms with Gasteiger partial charge in [0.15, 0.2) is 0 Å². The number of carbonyl (C=O) groups is 1. The number of nitro benzene ring substituents is 1. The van der Waals surface area contributed by atoms with Crippen LogP contribution in [0.4, 0.5) is 5.69 Å². The van der Waals surface area contributed by atoms with E-state index in [9.17, 15) is 14.9 Å². The Morgan fingerprint density at radius 1 is 1.56 bits per heavy atom. The summed E-state index contributed by atoms with van der Waals surface area (Å²) in [4.78, 5) is 21.1. The van der Waals surface area contributed by atoms with E-state index in [1.165, 1.54) is 32.0 Å². The van der Waals surface area contributed by atoms with Crippen LogP contribution in [0.2, 0.25) is 0 Å². The van der Waals surface area contributed by atoms with Crippen LogP contribution in [0.25, 0.3) is 0 Å². The predicted octanol–water partition coefficient (Wildman–Crippen LogP) is 2.85. The lowest BCUT2D eigenvalue weighted by atomic mass is 9.95. The quantitative estimate of drug-likeness (QED) is 0.666. The molecule has 0 radical (unpaired) electrons. The molecule has 6 nitrogen and oxygen atoms in total. The Kier molecular flexibility index (Phi) is 4.28. The van der Waals surface area contributed by atoms with Crippen LogP contribution in [0, 0.1) is 15.5 Å². The Hall–Kier alpha value is -1.63. The Labute approximate surface area is 112 Å². The van der Waals surface area contributed by atoms with Crippen LogP contribution < -0.4 is 4.74 Å². The second-order valence-electron chi connectivity index (χ2n) is 4.32. The second-order valence-corrected chi connectivity index (χ2v) is 5.12. The Morgan fingerprint density at radius 3 is 2.67 bits per heavy atom. The molecule has 1 aromatic rings. The van der Waals surface area contributed by atoms with E-state index in [0.29, 0.717) is 0 Å². The van der Waals surface area contributed by atoms with Crippen molar-refractivity contribution in [2.45, 2.75) is 13.8 Å². The van der Waals surface area contributed by atoms with Crippen LogP contribution in [-0.4, -0.2) is 22.6 Å². The molecule has 0 atom stereocenters. The van der Waals surface area contributed by atoms with Gasteiger partial charge in [-0.3, -0.25) is 14.9 Å². The van der Waals surface area contributed by atoms with Crippen molar-refractivity contribution >= 4 is 27.6 Å². The molecular formula is C11H12BrNO5. The lowest BCUT2D eigenvalue weighted by Crippen LogP contribution is -2.30. The normalized spacial score (nSPS) is 11.1. The largest absolute Gasteiger partial charge is 0.491 e. The highest BCUT2D eigenvalue weighted by atomic mass is 79.9. The van der Waals surface area contributed by atoms with Crippen molar-refractivity contribution in [1.29, 1.82) is 0 Å². The van der Waals surface area contributed by atoms with E-state index in [1.54, 1.807) is 0 Å². The topological polar surface area (TPSA) is 89.7 Å². The molecule has 98 valence electrons. The summed E-state index contributed by atoms with van der Waals surface area (Å²) in [6, 6.07) is 4.35. The number of hydrogen-bond acceptors (Lipinski definition) is 4.